The van der Waals surface area contributed by atoms with Gasteiger partial charge in [0.1, 0.15) is 18.0 Å². The maximum absolute atomic E-state index is 10.1. The van der Waals surface area contributed by atoms with Crippen molar-refractivity contribution >= 4 is 11.8 Å². The Morgan fingerprint density at radius 2 is 1.79 bits per heavy atom. The third-order valence-electron chi connectivity index (χ3n) is 5.83. The molecule has 3 heterocycles. The van der Waals surface area contributed by atoms with Gasteiger partial charge in [-0.3, -0.25) is 4.90 Å². The summed E-state index contributed by atoms with van der Waals surface area (Å²) in [6, 6.07) is 2.11. The zero-order valence-corrected chi connectivity index (χ0v) is 17.0. The minimum atomic E-state index is -1.36. The van der Waals surface area contributed by atoms with Crippen LogP contribution in [0.5, 0.6) is 0 Å². The normalized spacial score (nSPS) is 24.6. The number of rotatable bonds is 8. The molecule has 1 aromatic rings. The van der Waals surface area contributed by atoms with Crippen LogP contribution in [-0.4, -0.2) is 99.0 Å². The van der Waals surface area contributed by atoms with Crippen LogP contribution in [0.1, 0.15) is 38.5 Å². The molecule has 0 radical (unpaired) electrons. The monoisotopic (exact) mass is 409 g/mol. The average molecular weight is 410 g/mol. The number of likely N-dealkylation sites (tertiary alicyclic amines) is 1. The Hall–Kier alpha value is -1.52. The van der Waals surface area contributed by atoms with E-state index in [1.807, 2.05) is 6.07 Å². The summed E-state index contributed by atoms with van der Waals surface area (Å²) in [4.78, 5) is 13.5. The topological polar surface area (TPSA) is 125 Å². The molecule has 2 saturated heterocycles. The summed E-state index contributed by atoms with van der Waals surface area (Å²) in [7, 11) is 0. The van der Waals surface area contributed by atoms with Crippen molar-refractivity contribution in [2.24, 2.45) is 0 Å². The van der Waals surface area contributed by atoms with Gasteiger partial charge < -0.3 is 30.6 Å². The van der Waals surface area contributed by atoms with Gasteiger partial charge in [0, 0.05) is 38.4 Å². The Balaban J connectivity index is 1.54. The molecule has 0 bridgehead atoms. The maximum atomic E-state index is 10.1. The third-order valence-corrected chi connectivity index (χ3v) is 5.83. The van der Waals surface area contributed by atoms with Gasteiger partial charge in [-0.2, -0.15) is 4.98 Å². The first-order valence-corrected chi connectivity index (χ1v) is 10.8. The molecule has 0 amide bonds. The van der Waals surface area contributed by atoms with Crippen LogP contribution in [0.25, 0.3) is 0 Å². The molecule has 0 aliphatic carbocycles. The highest BCUT2D eigenvalue weighted by Gasteiger charge is 2.28. The molecule has 0 saturated carbocycles. The molecule has 1 unspecified atom stereocenters. The third kappa shape index (κ3) is 6.48. The lowest BCUT2D eigenvalue weighted by molar-refractivity contribution is -0.0852. The number of nitrogens with one attached hydrogen (secondary N) is 1. The summed E-state index contributed by atoms with van der Waals surface area (Å²) in [6.45, 7) is 3.24. The lowest BCUT2D eigenvalue weighted by Gasteiger charge is -2.35. The second kappa shape index (κ2) is 11.0. The van der Waals surface area contributed by atoms with Crippen molar-refractivity contribution in [2.75, 3.05) is 49.5 Å². The van der Waals surface area contributed by atoms with Crippen molar-refractivity contribution in [3.8, 4) is 0 Å². The molecule has 2 fully saturated rings. The molecular weight excluding hydrogens is 374 g/mol. The van der Waals surface area contributed by atoms with Gasteiger partial charge in [-0.15, -0.1) is 0 Å². The zero-order chi connectivity index (χ0) is 20.6. The van der Waals surface area contributed by atoms with Crippen LogP contribution in [0.3, 0.4) is 0 Å². The Labute approximate surface area is 172 Å². The first-order chi connectivity index (χ1) is 14.1. The van der Waals surface area contributed by atoms with Crippen LogP contribution in [0.15, 0.2) is 12.3 Å². The summed E-state index contributed by atoms with van der Waals surface area (Å²) in [6.07, 6.45) is 4.88. The molecule has 9 nitrogen and oxygen atoms in total. The van der Waals surface area contributed by atoms with Crippen molar-refractivity contribution in [3.63, 3.8) is 0 Å². The van der Waals surface area contributed by atoms with Gasteiger partial charge in [-0.1, -0.05) is 12.8 Å². The Bertz CT molecular complexity index is 614. The summed E-state index contributed by atoms with van der Waals surface area (Å²) in [5, 5.41) is 41.9. The predicted octanol–water partition coefficient (Wildman–Crippen LogP) is -0.192. The number of hydrogen-bond acceptors (Lipinski definition) is 9. The van der Waals surface area contributed by atoms with Crippen LogP contribution in [-0.2, 0) is 0 Å². The van der Waals surface area contributed by atoms with E-state index in [9.17, 15) is 15.3 Å². The summed E-state index contributed by atoms with van der Waals surface area (Å²) in [5.41, 5.74) is 0. The molecule has 29 heavy (non-hydrogen) atoms. The van der Waals surface area contributed by atoms with Crippen LogP contribution >= 0.6 is 0 Å². The lowest BCUT2D eigenvalue weighted by Crippen LogP contribution is -2.50. The molecule has 164 valence electrons. The van der Waals surface area contributed by atoms with E-state index in [0.29, 0.717) is 12.5 Å². The molecule has 3 rings (SSSR count). The second-order valence-electron chi connectivity index (χ2n) is 8.19. The average Bonchev–Trinajstić information content (AvgIpc) is 3.02. The molecule has 0 aromatic carbocycles. The molecule has 9 heteroatoms. The fourth-order valence-corrected chi connectivity index (χ4v) is 4.15. The molecular formula is C20H35N5O4. The number of hydrogen-bond donors (Lipinski definition) is 5. The quantitative estimate of drug-likeness (QED) is 0.397. The highest BCUT2D eigenvalue weighted by Crippen LogP contribution is 2.20. The fourth-order valence-electron chi connectivity index (χ4n) is 4.15. The maximum Gasteiger partial charge on any atom is 0.224 e. The predicted molar refractivity (Wildman–Crippen MR) is 111 cm³/mol. The van der Waals surface area contributed by atoms with Gasteiger partial charge in [0.2, 0.25) is 5.95 Å². The van der Waals surface area contributed by atoms with Gasteiger partial charge in [0.15, 0.2) is 0 Å². The molecule has 5 N–H and O–H groups in total. The van der Waals surface area contributed by atoms with Crippen LogP contribution < -0.4 is 10.2 Å². The highest BCUT2D eigenvalue weighted by atomic mass is 16.4. The number of piperidine rings is 1. The number of aliphatic hydroxyl groups excluding tert-OH is 4. The van der Waals surface area contributed by atoms with E-state index in [0.717, 1.165) is 38.3 Å². The van der Waals surface area contributed by atoms with Gasteiger partial charge in [0.05, 0.1) is 12.7 Å². The van der Waals surface area contributed by atoms with Gasteiger partial charge in [0.25, 0.3) is 0 Å². The Kier molecular flexibility index (Phi) is 8.43. The van der Waals surface area contributed by atoms with E-state index in [-0.39, 0.29) is 12.6 Å². The molecule has 2 aliphatic heterocycles. The molecule has 1 aromatic heterocycles. The van der Waals surface area contributed by atoms with E-state index >= 15 is 0 Å². The molecule has 2 aliphatic rings. The number of nitrogens with zero attached hydrogens (tertiary/aromatic N) is 4. The highest BCUT2D eigenvalue weighted by molar-refractivity contribution is 5.43. The van der Waals surface area contributed by atoms with Crippen LogP contribution in [0.4, 0.5) is 11.8 Å². The van der Waals surface area contributed by atoms with E-state index < -0.39 is 24.9 Å². The summed E-state index contributed by atoms with van der Waals surface area (Å²) in [5.74, 6) is 1.59. The summed E-state index contributed by atoms with van der Waals surface area (Å²) < 4.78 is 0. The zero-order valence-electron chi connectivity index (χ0n) is 17.0. The Morgan fingerprint density at radius 1 is 1.03 bits per heavy atom. The van der Waals surface area contributed by atoms with E-state index in [2.05, 4.69) is 20.1 Å². The summed E-state index contributed by atoms with van der Waals surface area (Å²) >= 11 is 0. The van der Waals surface area contributed by atoms with Crippen LogP contribution in [0, 0.1) is 0 Å². The number of aliphatic hydroxyl groups is 4. The first-order valence-electron chi connectivity index (χ1n) is 10.8. The number of aromatic nitrogens is 2. The number of anilines is 2. The van der Waals surface area contributed by atoms with Crippen molar-refractivity contribution in [1.82, 2.24) is 14.9 Å². The standard InChI is InChI=1S/C20H35N5O4/c26-14-17(28)19(29)16(27)13-24-9-5-6-15(12-24)22-20-21-8-7-18(23-20)25-10-3-1-2-4-11-25/h7-8,15-17,19,26-29H,1-6,9-14H2,(H,21,22,23)/t15?,16-,17+,19-/m0/s1. The van der Waals surface area contributed by atoms with Gasteiger partial charge >= 0.3 is 0 Å². The minimum absolute atomic E-state index is 0.148. The fraction of sp³-hybridized carbons (Fsp3) is 0.800. The SMILES string of the molecule is OC[C@@H](O)[C@@H](O)[C@@H](O)CN1CCCC(Nc2nccc(N3CCCCCC3)n2)C1. The van der Waals surface area contributed by atoms with Crippen molar-refractivity contribution in [1.29, 1.82) is 0 Å². The van der Waals surface area contributed by atoms with Crippen molar-refractivity contribution in [2.45, 2.75) is 62.9 Å². The van der Waals surface area contributed by atoms with Gasteiger partial charge in [-0.05, 0) is 38.3 Å². The Morgan fingerprint density at radius 3 is 2.52 bits per heavy atom. The molecule has 0 spiro atoms. The molecule has 4 atom stereocenters. The van der Waals surface area contributed by atoms with Crippen molar-refractivity contribution in [3.05, 3.63) is 12.3 Å². The van der Waals surface area contributed by atoms with E-state index in [4.69, 9.17) is 10.1 Å². The first kappa shape index (κ1) is 22.2. The second-order valence-corrected chi connectivity index (χ2v) is 8.19. The smallest absolute Gasteiger partial charge is 0.224 e. The van der Waals surface area contributed by atoms with Gasteiger partial charge in [-0.25, -0.2) is 4.98 Å². The van der Waals surface area contributed by atoms with Crippen LogP contribution in [0.2, 0.25) is 0 Å². The minimum Gasteiger partial charge on any atom is -0.394 e. The number of β-amino-alcohol motifs (C(OH)–C–C–N with tert-alkyl or cyclic N) is 1. The van der Waals surface area contributed by atoms with Crippen molar-refractivity contribution < 1.29 is 20.4 Å². The largest absolute Gasteiger partial charge is 0.394 e. The van der Waals surface area contributed by atoms with E-state index in [1.165, 1.54) is 25.7 Å². The lowest BCUT2D eigenvalue weighted by atomic mass is 10.0. The van der Waals surface area contributed by atoms with E-state index in [1.54, 1.807) is 6.20 Å².